The summed E-state index contributed by atoms with van der Waals surface area (Å²) in [5.41, 5.74) is 1.14. The monoisotopic (exact) mass is 358 g/mol. The van der Waals surface area contributed by atoms with E-state index in [4.69, 9.17) is 16.3 Å². The molecule has 2 aromatic rings. The van der Waals surface area contributed by atoms with Gasteiger partial charge >= 0.3 is 12.1 Å². The molecule has 0 saturated carbocycles. The molecule has 0 amide bonds. The maximum atomic E-state index is 12.3. The van der Waals surface area contributed by atoms with E-state index in [2.05, 4.69) is 4.74 Å². The third-order valence-electron chi connectivity index (χ3n) is 3.02. The van der Waals surface area contributed by atoms with E-state index in [-0.39, 0.29) is 6.61 Å². The van der Waals surface area contributed by atoms with Gasteiger partial charge in [-0.05, 0) is 23.3 Å². The molecule has 24 heavy (non-hydrogen) atoms. The minimum atomic E-state index is -4.60. The summed E-state index contributed by atoms with van der Waals surface area (Å²) >= 11 is 5.78. The molecule has 1 unspecified atom stereocenters. The zero-order valence-electron chi connectivity index (χ0n) is 12.4. The van der Waals surface area contributed by atoms with Gasteiger partial charge in [-0.25, -0.2) is 4.79 Å². The molecule has 0 bridgehead atoms. The van der Waals surface area contributed by atoms with Crippen LogP contribution in [0.5, 0.6) is 0 Å². The molecular formula is C17H14ClF3O3. The van der Waals surface area contributed by atoms with Crippen LogP contribution in [0.15, 0.2) is 54.6 Å². The first kappa shape index (κ1) is 18.3. The molecule has 0 heterocycles. The standard InChI is InChI=1S/C17H14ClF3O3/c18-14-8-6-13(7-9-14)15(16(22)24-11-17(19,20)21)23-10-12-4-2-1-3-5-12/h1-9,15H,10-11H2. The highest BCUT2D eigenvalue weighted by molar-refractivity contribution is 6.30. The number of rotatable bonds is 6. The molecule has 3 nitrogen and oxygen atoms in total. The van der Waals surface area contributed by atoms with Gasteiger partial charge in [0.1, 0.15) is 0 Å². The van der Waals surface area contributed by atoms with Crippen LogP contribution in [0, 0.1) is 0 Å². The van der Waals surface area contributed by atoms with Crippen LogP contribution in [0.1, 0.15) is 17.2 Å². The van der Waals surface area contributed by atoms with Crippen LogP contribution in [0.4, 0.5) is 13.2 Å². The Hall–Kier alpha value is -2.05. The minimum Gasteiger partial charge on any atom is -0.454 e. The Labute approximate surface area is 142 Å². The minimum absolute atomic E-state index is 0.0508. The molecular weight excluding hydrogens is 345 g/mol. The molecule has 0 saturated heterocycles. The number of carbonyl (C=O) groups is 1. The molecule has 128 valence electrons. The molecule has 7 heteroatoms. The summed E-state index contributed by atoms with van der Waals surface area (Å²) in [6, 6.07) is 15.0. The van der Waals surface area contributed by atoms with Gasteiger partial charge in [-0.3, -0.25) is 0 Å². The zero-order chi connectivity index (χ0) is 17.6. The van der Waals surface area contributed by atoms with Gasteiger partial charge in [-0.15, -0.1) is 0 Å². The summed E-state index contributed by atoms with van der Waals surface area (Å²) in [7, 11) is 0. The van der Waals surface area contributed by atoms with Gasteiger partial charge in [0.15, 0.2) is 12.7 Å². The van der Waals surface area contributed by atoms with Crippen LogP contribution in [0.2, 0.25) is 5.02 Å². The number of esters is 1. The number of hydrogen-bond acceptors (Lipinski definition) is 3. The fourth-order valence-corrected chi connectivity index (χ4v) is 2.05. The number of ether oxygens (including phenoxy) is 2. The first-order valence-corrected chi connectivity index (χ1v) is 7.37. The smallest absolute Gasteiger partial charge is 0.422 e. The van der Waals surface area contributed by atoms with E-state index in [0.29, 0.717) is 10.6 Å². The lowest BCUT2D eigenvalue weighted by atomic mass is 10.1. The third-order valence-corrected chi connectivity index (χ3v) is 3.28. The van der Waals surface area contributed by atoms with Crippen LogP contribution < -0.4 is 0 Å². The number of alkyl halides is 3. The molecule has 2 rings (SSSR count). The van der Waals surface area contributed by atoms with Gasteiger partial charge in [0, 0.05) is 5.02 Å². The molecule has 0 N–H and O–H groups in total. The second-order valence-electron chi connectivity index (χ2n) is 4.95. The Morgan fingerprint density at radius 3 is 2.25 bits per heavy atom. The van der Waals surface area contributed by atoms with E-state index >= 15 is 0 Å². The van der Waals surface area contributed by atoms with Gasteiger partial charge in [-0.2, -0.15) is 13.2 Å². The van der Waals surface area contributed by atoms with Gasteiger partial charge in [0.2, 0.25) is 0 Å². The van der Waals surface area contributed by atoms with Crippen molar-refractivity contribution in [3.63, 3.8) is 0 Å². The first-order chi connectivity index (χ1) is 11.3. The number of halogens is 4. The lowest BCUT2D eigenvalue weighted by Gasteiger charge is -2.18. The summed E-state index contributed by atoms with van der Waals surface area (Å²) < 4.78 is 46.6. The fraction of sp³-hybridized carbons (Fsp3) is 0.235. The third kappa shape index (κ3) is 5.86. The van der Waals surface area contributed by atoms with Gasteiger partial charge in [-0.1, -0.05) is 54.1 Å². The average Bonchev–Trinajstić information content (AvgIpc) is 2.55. The topological polar surface area (TPSA) is 35.5 Å². The highest BCUT2D eigenvalue weighted by atomic mass is 35.5. The molecule has 0 aliphatic carbocycles. The maximum absolute atomic E-state index is 12.3. The van der Waals surface area contributed by atoms with Crippen molar-refractivity contribution in [3.8, 4) is 0 Å². The maximum Gasteiger partial charge on any atom is 0.422 e. The van der Waals surface area contributed by atoms with E-state index < -0.39 is 24.9 Å². The van der Waals surface area contributed by atoms with Crippen LogP contribution in [-0.4, -0.2) is 18.8 Å². The average molecular weight is 359 g/mol. The van der Waals surface area contributed by atoms with Crippen molar-refractivity contribution in [2.24, 2.45) is 0 Å². The molecule has 0 aromatic heterocycles. The van der Waals surface area contributed by atoms with E-state index in [9.17, 15) is 18.0 Å². The molecule has 0 fully saturated rings. The molecule has 0 spiro atoms. The molecule has 0 aliphatic rings. The van der Waals surface area contributed by atoms with Crippen LogP contribution in [0.3, 0.4) is 0 Å². The van der Waals surface area contributed by atoms with Crippen molar-refractivity contribution in [1.29, 1.82) is 0 Å². The molecule has 1 atom stereocenters. The first-order valence-electron chi connectivity index (χ1n) is 6.99. The lowest BCUT2D eigenvalue weighted by Crippen LogP contribution is -2.25. The summed E-state index contributed by atoms with van der Waals surface area (Å²) in [5.74, 6) is -1.11. The zero-order valence-corrected chi connectivity index (χ0v) is 13.2. The number of benzene rings is 2. The van der Waals surface area contributed by atoms with Crippen molar-refractivity contribution in [3.05, 3.63) is 70.7 Å². The number of hydrogen-bond donors (Lipinski definition) is 0. The summed E-state index contributed by atoms with van der Waals surface area (Å²) in [6.45, 7) is -1.61. The Morgan fingerprint density at radius 2 is 1.67 bits per heavy atom. The largest absolute Gasteiger partial charge is 0.454 e. The Kier molecular flexibility index (Phi) is 6.23. The van der Waals surface area contributed by atoms with Crippen molar-refractivity contribution >= 4 is 17.6 Å². The van der Waals surface area contributed by atoms with Crippen LogP contribution in [0.25, 0.3) is 0 Å². The molecule has 2 aromatic carbocycles. The quantitative estimate of drug-likeness (QED) is 0.702. The molecule has 0 radical (unpaired) electrons. The van der Waals surface area contributed by atoms with Gasteiger partial charge in [0.05, 0.1) is 6.61 Å². The van der Waals surface area contributed by atoms with Crippen LogP contribution >= 0.6 is 11.6 Å². The predicted octanol–water partition coefficient (Wildman–Crippen LogP) is 4.70. The highest BCUT2D eigenvalue weighted by Crippen LogP contribution is 2.24. The summed E-state index contributed by atoms with van der Waals surface area (Å²) in [4.78, 5) is 12.0. The van der Waals surface area contributed by atoms with Gasteiger partial charge in [0.25, 0.3) is 0 Å². The Bertz CT molecular complexity index is 657. The van der Waals surface area contributed by atoms with E-state index in [0.717, 1.165) is 5.56 Å². The van der Waals surface area contributed by atoms with E-state index in [1.54, 1.807) is 24.3 Å². The Morgan fingerprint density at radius 1 is 1.04 bits per heavy atom. The van der Waals surface area contributed by atoms with Crippen molar-refractivity contribution in [2.45, 2.75) is 18.9 Å². The number of carbonyl (C=O) groups excluding carboxylic acids is 1. The van der Waals surface area contributed by atoms with Gasteiger partial charge < -0.3 is 9.47 Å². The Balaban J connectivity index is 2.11. The summed E-state index contributed by atoms with van der Waals surface area (Å²) in [5, 5.41) is 0.434. The highest BCUT2D eigenvalue weighted by Gasteiger charge is 2.32. The fourth-order valence-electron chi connectivity index (χ4n) is 1.92. The van der Waals surface area contributed by atoms with Crippen molar-refractivity contribution in [2.75, 3.05) is 6.61 Å². The molecule has 0 aliphatic heterocycles. The lowest BCUT2D eigenvalue weighted by molar-refractivity contribution is -0.194. The van der Waals surface area contributed by atoms with Crippen LogP contribution in [-0.2, 0) is 20.9 Å². The van der Waals surface area contributed by atoms with E-state index in [1.807, 2.05) is 6.07 Å². The summed E-state index contributed by atoms with van der Waals surface area (Å²) in [6.07, 6.45) is -5.87. The second kappa shape index (κ2) is 8.17. The van der Waals surface area contributed by atoms with Crippen molar-refractivity contribution in [1.82, 2.24) is 0 Å². The SMILES string of the molecule is O=C(OCC(F)(F)F)C(OCc1ccccc1)c1ccc(Cl)cc1. The normalized spacial score (nSPS) is 12.7. The van der Waals surface area contributed by atoms with E-state index in [1.165, 1.54) is 24.3 Å². The van der Waals surface area contributed by atoms with Crippen molar-refractivity contribution < 1.29 is 27.4 Å². The second-order valence-corrected chi connectivity index (χ2v) is 5.39. The predicted molar refractivity (Wildman–Crippen MR) is 82.4 cm³/mol.